The van der Waals surface area contributed by atoms with Gasteiger partial charge in [0.1, 0.15) is 11.9 Å². The van der Waals surface area contributed by atoms with Crippen molar-refractivity contribution in [3.63, 3.8) is 0 Å². The van der Waals surface area contributed by atoms with Gasteiger partial charge < -0.3 is 15.6 Å². The minimum atomic E-state index is -0.794. The Kier molecular flexibility index (Phi) is 3.75. The Morgan fingerprint density at radius 1 is 1.22 bits per heavy atom. The summed E-state index contributed by atoms with van der Waals surface area (Å²) in [7, 11) is 1.54. The minimum absolute atomic E-state index is 0.509. The van der Waals surface area contributed by atoms with Crippen LogP contribution in [0.2, 0.25) is 5.02 Å². The Morgan fingerprint density at radius 3 is 2.61 bits per heavy atom. The van der Waals surface area contributed by atoms with Crippen molar-refractivity contribution in [3.05, 3.63) is 58.6 Å². The third kappa shape index (κ3) is 2.42. The first kappa shape index (κ1) is 12.7. The highest BCUT2D eigenvalue weighted by molar-refractivity contribution is 6.32. The van der Waals surface area contributed by atoms with Crippen molar-refractivity contribution in [1.29, 1.82) is 0 Å². The maximum atomic E-state index is 10.3. The first-order valence-corrected chi connectivity index (χ1v) is 5.87. The molecule has 3 N–H and O–H groups in total. The molecule has 2 rings (SSSR count). The number of rotatable bonds is 3. The largest absolute Gasteiger partial charge is 0.495 e. The summed E-state index contributed by atoms with van der Waals surface area (Å²) < 4.78 is 5.13. The van der Waals surface area contributed by atoms with Gasteiger partial charge in [-0.3, -0.25) is 0 Å². The normalized spacial score (nSPS) is 12.2. The van der Waals surface area contributed by atoms with E-state index in [-0.39, 0.29) is 0 Å². The summed E-state index contributed by atoms with van der Waals surface area (Å²) in [5.74, 6) is 0.530. The highest BCUT2D eigenvalue weighted by Gasteiger charge is 2.14. The number of aliphatic hydroxyl groups excluding tert-OH is 1. The summed E-state index contributed by atoms with van der Waals surface area (Å²) in [6.45, 7) is 0. The van der Waals surface area contributed by atoms with Crippen LogP contribution in [-0.2, 0) is 0 Å². The molecule has 0 fully saturated rings. The van der Waals surface area contributed by atoms with E-state index in [9.17, 15) is 5.11 Å². The molecule has 0 aromatic heterocycles. The van der Waals surface area contributed by atoms with E-state index in [4.69, 9.17) is 22.1 Å². The molecule has 0 radical (unpaired) electrons. The van der Waals surface area contributed by atoms with Crippen LogP contribution in [0.5, 0.6) is 5.75 Å². The Hall–Kier alpha value is -1.71. The van der Waals surface area contributed by atoms with Gasteiger partial charge in [0.15, 0.2) is 0 Å². The van der Waals surface area contributed by atoms with E-state index in [1.54, 1.807) is 30.3 Å². The number of anilines is 1. The summed E-state index contributed by atoms with van der Waals surface area (Å²) >= 11 is 5.95. The van der Waals surface area contributed by atoms with Gasteiger partial charge in [-0.15, -0.1) is 0 Å². The molecule has 18 heavy (non-hydrogen) atoms. The standard InChI is InChI=1S/C14H14ClNO2/c1-18-13-8-9(6-7-11(13)15)14(17)10-4-2-3-5-12(10)16/h2-8,14,17H,16H2,1H3. The van der Waals surface area contributed by atoms with Gasteiger partial charge in [-0.2, -0.15) is 0 Å². The molecular formula is C14H14ClNO2. The number of halogens is 1. The van der Waals surface area contributed by atoms with Crippen molar-refractivity contribution in [2.24, 2.45) is 0 Å². The number of nitrogens with two attached hydrogens (primary N) is 1. The number of para-hydroxylation sites is 1. The fraction of sp³-hybridized carbons (Fsp3) is 0.143. The highest BCUT2D eigenvalue weighted by Crippen LogP contribution is 2.32. The van der Waals surface area contributed by atoms with Gasteiger partial charge in [0.25, 0.3) is 0 Å². The van der Waals surface area contributed by atoms with Crippen LogP contribution in [-0.4, -0.2) is 12.2 Å². The topological polar surface area (TPSA) is 55.5 Å². The Balaban J connectivity index is 2.40. The number of hydrogen-bond acceptors (Lipinski definition) is 3. The summed E-state index contributed by atoms with van der Waals surface area (Å²) in [6.07, 6.45) is -0.794. The van der Waals surface area contributed by atoms with Gasteiger partial charge in [-0.05, 0) is 23.8 Å². The molecule has 0 saturated carbocycles. The molecule has 0 aliphatic heterocycles. The van der Waals surface area contributed by atoms with Crippen LogP contribution in [0, 0.1) is 0 Å². The van der Waals surface area contributed by atoms with Crippen molar-refractivity contribution in [2.75, 3.05) is 12.8 Å². The molecule has 1 unspecified atom stereocenters. The van der Waals surface area contributed by atoms with E-state index in [0.717, 1.165) is 0 Å². The molecule has 3 nitrogen and oxygen atoms in total. The molecule has 0 bridgehead atoms. The monoisotopic (exact) mass is 263 g/mol. The van der Waals surface area contributed by atoms with Gasteiger partial charge >= 0.3 is 0 Å². The second-order valence-corrected chi connectivity index (χ2v) is 4.33. The quantitative estimate of drug-likeness (QED) is 0.837. The maximum Gasteiger partial charge on any atom is 0.137 e. The van der Waals surface area contributed by atoms with E-state index in [1.165, 1.54) is 7.11 Å². The molecule has 0 aliphatic rings. The molecule has 0 amide bonds. The summed E-state index contributed by atoms with van der Waals surface area (Å²) in [6, 6.07) is 12.4. The number of methoxy groups -OCH3 is 1. The smallest absolute Gasteiger partial charge is 0.137 e. The number of nitrogen functional groups attached to an aromatic ring is 1. The summed E-state index contributed by atoms with van der Waals surface area (Å²) in [4.78, 5) is 0. The molecule has 94 valence electrons. The fourth-order valence-electron chi connectivity index (χ4n) is 1.79. The zero-order valence-corrected chi connectivity index (χ0v) is 10.7. The molecule has 2 aromatic rings. The van der Waals surface area contributed by atoms with Crippen LogP contribution in [0.4, 0.5) is 5.69 Å². The van der Waals surface area contributed by atoms with E-state index in [1.807, 2.05) is 12.1 Å². The van der Waals surface area contributed by atoms with Crippen molar-refractivity contribution in [3.8, 4) is 5.75 Å². The van der Waals surface area contributed by atoms with Gasteiger partial charge in [0.2, 0.25) is 0 Å². The van der Waals surface area contributed by atoms with Gasteiger partial charge in [-0.25, -0.2) is 0 Å². The SMILES string of the molecule is COc1cc(C(O)c2ccccc2N)ccc1Cl. The van der Waals surface area contributed by atoms with Crippen molar-refractivity contribution < 1.29 is 9.84 Å². The van der Waals surface area contributed by atoms with E-state index >= 15 is 0 Å². The molecule has 0 spiro atoms. The first-order chi connectivity index (χ1) is 8.63. The van der Waals surface area contributed by atoms with Crippen molar-refractivity contribution in [2.45, 2.75) is 6.10 Å². The Morgan fingerprint density at radius 2 is 1.94 bits per heavy atom. The molecule has 0 saturated heterocycles. The van der Waals surface area contributed by atoms with Crippen molar-refractivity contribution >= 4 is 17.3 Å². The average Bonchev–Trinajstić information content (AvgIpc) is 2.39. The number of aliphatic hydroxyl groups is 1. The molecule has 4 heteroatoms. The predicted molar refractivity (Wildman–Crippen MR) is 72.9 cm³/mol. The molecule has 2 aromatic carbocycles. The molecule has 1 atom stereocenters. The summed E-state index contributed by atoms with van der Waals surface area (Å²) in [5, 5.41) is 10.8. The Labute approximate surface area is 111 Å². The van der Waals surface area contributed by atoms with Crippen molar-refractivity contribution in [1.82, 2.24) is 0 Å². The van der Waals surface area contributed by atoms with E-state index in [0.29, 0.717) is 27.6 Å². The average molecular weight is 264 g/mol. The zero-order chi connectivity index (χ0) is 13.1. The van der Waals surface area contributed by atoms with Gasteiger partial charge in [-0.1, -0.05) is 35.9 Å². The lowest BCUT2D eigenvalue weighted by Crippen LogP contribution is -2.03. The zero-order valence-electron chi connectivity index (χ0n) is 9.93. The number of hydrogen-bond donors (Lipinski definition) is 2. The summed E-state index contributed by atoms with van der Waals surface area (Å²) in [5.41, 5.74) is 7.75. The van der Waals surface area contributed by atoms with E-state index < -0.39 is 6.10 Å². The lowest BCUT2D eigenvalue weighted by molar-refractivity contribution is 0.220. The van der Waals surface area contributed by atoms with Crippen LogP contribution in [0.15, 0.2) is 42.5 Å². The highest BCUT2D eigenvalue weighted by atomic mass is 35.5. The van der Waals surface area contributed by atoms with Crippen LogP contribution < -0.4 is 10.5 Å². The fourth-order valence-corrected chi connectivity index (χ4v) is 1.98. The number of ether oxygens (including phenoxy) is 1. The van der Waals surface area contributed by atoms with Crippen LogP contribution in [0.1, 0.15) is 17.2 Å². The predicted octanol–water partition coefficient (Wildman–Crippen LogP) is 3.01. The number of benzene rings is 2. The van der Waals surface area contributed by atoms with E-state index in [2.05, 4.69) is 0 Å². The molecule has 0 aliphatic carbocycles. The molecule has 0 heterocycles. The third-order valence-electron chi connectivity index (χ3n) is 2.78. The minimum Gasteiger partial charge on any atom is -0.495 e. The lowest BCUT2D eigenvalue weighted by Gasteiger charge is -2.15. The van der Waals surface area contributed by atoms with Crippen LogP contribution in [0.25, 0.3) is 0 Å². The lowest BCUT2D eigenvalue weighted by atomic mass is 10.00. The second kappa shape index (κ2) is 5.29. The third-order valence-corrected chi connectivity index (χ3v) is 3.09. The maximum absolute atomic E-state index is 10.3. The van der Waals surface area contributed by atoms with Gasteiger partial charge in [0.05, 0.1) is 12.1 Å². The first-order valence-electron chi connectivity index (χ1n) is 5.49. The van der Waals surface area contributed by atoms with Crippen LogP contribution >= 0.6 is 11.6 Å². The van der Waals surface area contributed by atoms with Gasteiger partial charge in [0, 0.05) is 11.3 Å². The second-order valence-electron chi connectivity index (χ2n) is 3.93. The molecular weight excluding hydrogens is 250 g/mol. The van der Waals surface area contributed by atoms with Crippen LogP contribution in [0.3, 0.4) is 0 Å². The Bertz CT molecular complexity index is 557.